The highest BCUT2D eigenvalue weighted by atomic mass is 28.3. The Hall–Kier alpha value is -1.71. The molecular weight excluding hydrogens is 553 g/mol. The van der Waals surface area contributed by atoms with Gasteiger partial charge in [-0.25, -0.2) is 0 Å². The molecule has 1 aliphatic rings. The summed E-state index contributed by atoms with van der Waals surface area (Å²) in [6.07, 6.45) is 5.52. The van der Waals surface area contributed by atoms with Gasteiger partial charge in [0.25, 0.3) is 0 Å². The SMILES string of the molecule is CC(C)(C)C(=O)c1ccccc1.CC(C)(C)C1CCCCO1.CC(C)(C)Cc1ccccc1.CC(C)(C)[Si](C)(C)C(C)(C)C. The third-order valence-corrected chi connectivity index (χ3v) is 16.7. The van der Waals surface area contributed by atoms with Crippen molar-refractivity contribution in [1.82, 2.24) is 0 Å². The molecule has 2 aromatic carbocycles. The Morgan fingerprint density at radius 2 is 1.11 bits per heavy atom. The van der Waals surface area contributed by atoms with E-state index in [9.17, 15) is 4.79 Å². The first-order valence-corrected chi connectivity index (χ1v) is 20.0. The van der Waals surface area contributed by atoms with E-state index in [1.54, 1.807) is 0 Å². The topological polar surface area (TPSA) is 26.3 Å². The summed E-state index contributed by atoms with van der Waals surface area (Å²) in [4.78, 5) is 11.7. The molecule has 3 heteroatoms. The minimum Gasteiger partial charge on any atom is -0.378 e. The summed E-state index contributed by atoms with van der Waals surface area (Å²) in [5.41, 5.74) is 2.70. The molecule has 3 rings (SSSR count). The van der Waals surface area contributed by atoms with Crippen LogP contribution in [0.5, 0.6) is 0 Å². The van der Waals surface area contributed by atoms with E-state index < -0.39 is 8.07 Å². The first kappa shape index (κ1) is 42.3. The Balaban J connectivity index is 0.000000561. The number of ketones is 1. The van der Waals surface area contributed by atoms with Gasteiger partial charge < -0.3 is 4.74 Å². The maximum atomic E-state index is 11.7. The van der Waals surface area contributed by atoms with Crippen LogP contribution in [0.2, 0.25) is 23.2 Å². The fourth-order valence-electron chi connectivity index (χ4n) is 4.78. The zero-order valence-electron chi connectivity index (χ0n) is 32.2. The van der Waals surface area contributed by atoms with Crippen LogP contribution in [0.4, 0.5) is 0 Å². The maximum absolute atomic E-state index is 11.7. The average molecular weight is 625 g/mol. The molecule has 1 saturated heterocycles. The Morgan fingerprint density at radius 3 is 1.39 bits per heavy atom. The summed E-state index contributed by atoms with van der Waals surface area (Å²) >= 11 is 0. The highest BCUT2D eigenvalue weighted by Gasteiger charge is 2.44. The fourth-order valence-corrected chi connectivity index (χ4v) is 7.03. The summed E-state index contributed by atoms with van der Waals surface area (Å²) in [7, 11) is -1.11. The lowest BCUT2D eigenvalue weighted by molar-refractivity contribution is -0.0474. The number of Topliss-reactive ketones (excluding diaryl/α,β-unsaturated/α-hetero) is 1. The van der Waals surface area contributed by atoms with Crippen LogP contribution >= 0.6 is 0 Å². The molecule has 1 aliphatic heterocycles. The highest BCUT2D eigenvalue weighted by molar-refractivity contribution is 6.82. The second kappa shape index (κ2) is 17.3. The zero-order chi connectivity index (χ0) is 34.6. The number of benzene rings is 2. The number of rotatable bonds is 2. The lowest BCUT2D eigenvalue weighted by Crippen LogP contribution is -2.45. The van der Waals surface area contributed by atoms with Crippen LogP contribution in [0.3, 0.4) is 0 Å². The van der Waals surface area contributed by atoms with Gasteiger partial charge in [-0.1, -0.05) is 178 Å². The van der Waals surface area contributed by atoms with Crippen molar-refractivity contribution in [3.63, 3.8) is 0 Å². The smallest absolute Gasteiger partial charge is 0.168 e. The first-order chi connectivity index (χ1) is 19.7. The molecule has 0 saturated carbocycles. The van der Waals surface area contributed by atoms with Gasteiger partial charge in [0.1, 0.15) is 0 Å². The van der Waals surface area contributed by atoms with Crippen LogP contribution in [-0.4, -0.2) is 26.6 Å². The van der Waals surface area contributed by atoms with Gasteiger partial charge in [0, 0.05) is 17.6 Å². The molecule has 1 fully saturated rings. The molecule has 0 spiro atoms. The summed E-state index contributed by atoms with van der Waals surface area (Å²) in [5, 5.41) is 1.04. The van der Waals surface area contributed by atoms with Crippen LogP contribution < -0.4 is 0 Å². The molecule has 1 unspecified atom stereocenters. The number of hydrogen-bond donors (Lipinski definition) is 0. The molecule has 0 bridgehead atoms. The van der Waals surface area contributed by atoms with E-state index in [1.807, 2.05) is 51.1 Å². The highest BCUT2D eigenvalue weighted by Crippen LogP contribution is 2.50. The van der Waals surface area contributed by atoms with Gasteiger partial charge in [-0.2, -0.15) is 0 Å². The molecule has 0 N–H and O–H groups in total. The van der Waals surface area contributed by atoms with Crippen molar-refractivity contribution in [2.45, 2.75) is 159 Å². The van der Waals surface area contributed by atoms with Crippen molar-refractivity contribution in [2.75, 3.05) is 6.61 Å². The summed E-state index contributed by atoms with van der Waals surface area (Å²) in [5.74, 6) is 0.197. The van der Waals surface area contributed by atoms with Crippen molar-refractivity contribution < 1.29 is 9.53 Å². The molecule has 44 heavy (non-hydrogen) atoms. The fraction of sp³-hybridized carbons (Fsp3) is 0.683. The zero-order valence-corrected chi connectivity index (χ0v) is 33.2. The summed E-state index contributed by atoms with van der Waals surface area (Å²) < 4.78 is 5.64. The van der Waals surface area contributed by atoms with Gasteiger partial charge in [-0.3, -0.25) is 4.79 Å². The van der Waals surface area contributed by atoms with Crippen LogP contribution in [0.1, 0.15) is 139 Å². The molecule has 2 nitrogen and oxygen atoms in total. The number of hydrogen-bond acceptors (Lipinski definition) is 2. The van der Waals surface area contributed by atoms with E-state index in [1.165, 1.54) is 24.8 Å². The quantitative estimate of drug-likeness (QED) is 0.245. The summed E-state index contributed by atoms with van der Waals surface area (Å²) in [6, 6.07) is 20.0. The predicted molar refractivity (Wildman–Crippen MR) is 200 cm³/mol. The number of ether oxygens (including phenoxy) is 1. The normalized spacial score (nSPS) is 16.2. The van der Waals surface area contributed by atoms with E-state index in [0.717, 1.165) is 18.6 Å². The third kappa shape index (κ3) is 16.6. The predicted octanol–water partition coefficient (Wildman–Crippen LogP) is 13.1. The van der Waals surface area contributed by atoms with Gasteiger partial charge in [0.2, 0.25) is 0 Å². The molecular formula is C41H72O2Si. The van der Waals surface area contributed by atoms with E-state index in [-0.39, 0.29) is 11.2 Å². The van der Waals surface area contributed by atoms with E-state index in [4.69, 9.17) is 4.74 Å². The second-order valence-corrected chi connectivity index (χ2v) is 24.8. The lowest BCUT2D eigenvalue weighted by atomic mass is 9.85. The average Bonchev–Trinajstić information content (AvgIpc) is 2.88. The number of carbonyl (C=O) groups excluding carboxylic acids is 1. The van der Waals surface area contributed by atoms with Crippen LogP contribution in [0.15, 0.2) is 60.7 Å². The molecule has 0 aliphatic carbocycles. The van der Waals surface area contributed by atoms with Gasteiger partial charge in [0.05, 0.1) is 14.2 Å². The van der Waals surface area contributed by atoms with Crippen molar-refractivity contribution in [3.05, 3.63) is 71.8 Å². The van der Waals surface area contributed by atoms with E-state index in [0.29, 0.717) is 27.0 Å². The number of carbonyl (C=O) groups is 1. The molecule has 0 radical (unpaired) electrons. The Labute approximate surface area is 276 Å². The molecule has 2 aromatic rings. The van der Waals surface area contributed by atoms with Crippen LogP contribution in [0, 0.1) is 16.2 Å². The van der Waals surface area contributed by atoms with E-state index in [2.05, 4.69) is 127 Å². The van der Waals surface area contributed by atoms with Crippen molar-refractivity contribution in [1.29, 1.82) is 0 Å². The standard InChI is InChI=1S/C11H14O.C11H16.C10H24Si.C9H18O/c1-11(2,3)10(12)9-7-5-4-6-8-9;1-11(2,3)9-10-7-5-4-6-8-10;1-9(2,3)11(7,8)10(4,5)6;1-9(2,3)8-6-4-5-7-10-8/h4-8H,1-3H3;4-8H,9H2,1-3H3;1-8H3;8H,4-7H2,1-3H3. The van der Waals surface area contributed by atoms with Gasteiger partial charge in [0.15, 0.2) is 5.78 Å². The summed E-state index contributed by atoms with van der Waals surface area (Å²) in [6.45, 7) is 39.6. The molecule has 0 aromatic heterocycles. The van der Waals surface area contributed by atoms with Crippen LogP contribution in [0.25, 0.3) is 0 Å². The molecule has 1 heterocycles. The maximum Gasteiger partial charge on any atom is 0.168 e. The van der Waals surface area contributed by atoms with Crippen molar-refractivity contribution in [2.24, 2.45) is 16.2 Å². The minimum atomic E-state index is -1.11. The van der Waals surface area contributed by atoms with Gasteiger partial charge >= 0.3 is 0 Å². The van der Waals surface area contributed by atoms with Gasteiger partial charge in [-0.15, -0.1) is 0 Å². The van der Waals surface area contributed by atoms with Crippen molar-refractivity contribution in [3.8, 4) is 0 Å². The first-order valence-electron chi connectivity index (χ1n) is 17.0. The van der Waals surface area contributed by atoms with Gasteiger partial charge in [-0.05, 0) is 52.2 Å². The molecule has 252 valence electrons. The monoisotopic (exact) mass is 625 g/mol. The third-order valence-electron chi connectivity index (χ3n) is 9.19. The Bertz CT molecular complexity index is 1030. The molecule has 1 atom stereocenters. The Morgan fingerprint density at radius 1 is 0.682 bits per heavy atom. The second-order valence-electron chi connectivity index (χ2n) is 18.5. The Kier molecular flexibility index (Phi) is 16.6. The largest absolute Gasteiger partial charge is 0.378 e. The minimum absolute atomic E-state index is 0.197. The van der Waals surface area contributed by atoms with Crippen molar-refractivity contribution >= 4 is 13.9 Å². The van der Waals surface area contributed by atoms with Crippen LogP contribution in [-0.2, 0) is 11.2 Å². The van der Waals surface area contributed by atoms with E-state index >= 15 is 0 Å². The molecule has 0 amide bonds. The lowest BCUT2D eigenvalue weighted by Gasteiger charge is -2.47.